The third kappa shape index (κ3) is 4.10. The van der Waals surface area contributed by atoms with Gasteiger partial charge in [0, 0.05) is 5.69 Å². The molecule has 0 aliphatic rings. The summed E-state index contributed by atoms with van der Waals surface area (Å²) in [5, 5.41) is 2.69. The first-order valence-electron chi connectivity index (χ1n) is 5.94. The summed E-state index contributed by atoms with van der Waals surface area (Å²) in [6.07, 6.45) is 0. The van der Waals surface area contributed by atoms with Gasteiger partial charge >= 0.3 is 11.5 Å². The van der Waals surface area contributed by atoms with E-state index < -0.39 is 32.3 Å². The number of halogens is 3. The average molecular weight is 325 g/mol. The number of carbonyl (C=O) groups excluding carboxylic acids is 1. The van der Waals surface area contributed by atoms with Crippen LogP contribution in [-0.2, 0) is 19.4 Å². The van der Waals surface area contributed by atoms with Crippen molar-refractivity contribution >= 4 is 21.5 Å². The van der Waals surface area contributed by atoms with Crippen LogP contribution in [0.2, 0.25) is 0 Å². The van der Waals surface area contributed by atoms with Gasteiger partial charge in [-0.05, 0) is 38.1 Å². The van der Waals surface area contributed by atoms with E-state index in [1.54, 1.807) is 6.92 Å². The van der Waals surface area contributed by atoms with E-state index in [4.69, 9.17) is 4.74 Å². The van der Waals surface area contributed by atoms with Crippen LogP contribution in [0.5, 0.6) is 0 Å². The Morgan fingerprint density at radius 3 is 2.24 bits per heavy atom. The summed E-state index contributed by atoms with van der Waals surface area (Å²) in [7, 11) is -5.37. The highest BCUT2D eigenvalue weighted by Crippen LogP contribution is 2.30. The van der Waals surface area contributed by atoms with Gasteiger partial charge in [-0.25, -0.2) is 13.2 Å². The predicted octanol–water partition coefficient (Wildman–Crippen LogP) is 2.34. The summed E-state index contributed by atoms with van der Waals surface area (Å²) >= 11 is 0. The number of hydrogen-bond acceptors (Lipinski definition) is 5. The van der Waals surface area contributed by atoms with E-state index in [0.29, 0.717) is 5.69 Å². The second-order valence-corrected chi connectivity index (χ2v) is 6.03. The van der Waals surface area contributed by atoms with Crippen molar-refractivity contribution in [3.8, 4) is 0 Å². The van der Waals surface area contributed by atoms with Crippen LogP contribution in [0, 0.1) is 0 Å². The van der Waals surface area contributed by atoms with Crippen molar-refractivity contribution < 1.29 is 31.1 Å². The molecule has 0 saturated heterocycles. The molecule has 21 heavy (non-hydrogen) atoms. The molecule has 1 aromatic carbocycles. The third-order valence-electron chi connectivity index (χ3n) is 2.49. The molecule has 1 rings (SSSR count). The fourth-order valence-corrected chi connectivity index (χ4v) is 2.20. The van der Waals surface area contributed by atoms with Crippen molar-refractivity contribution in [2.75, 3.05) is 11.9 Å². The highest BCUT2D eigenvalue weighted by molar-refractivity contribution is 7.92. The van der Waals surface area contributed by atoms with Crippen LogP contribution in [0.3, 0.4) is 0 Å². The zero-order valence-corrected chi connectivity index (χ0v) is 12.1. The Kier molecular flexibility index (Phi) is 5.21. The molecule has 0 saturated carbocycles. The van der Waals surface area contributed by atoms with Crippen LogP contribution in [0.25, 0.3) is 0 Å². The van der Waals surface area contributed by atoms with Crippen molar-refractivity contribution in [3.63, 3.8) is 0 Å². The van der Waals surface area contributed by atoms with Crippen molar-refractivity contribution in [1.29, 1.82) is 0 Å². The van der Waals surface area contributed by atoms with Gasteiger partial charge in [0.2, 0.25) is 0 Å². The van der Waals surface area contributed by atoms with Gasteiger partial charge in [0.05, 0.1) is 11.5 Å². The SMILES string of the molecule is CCOC(=O)C(C)Nc1ccc(S(=O)(=O)C(F)(F)F)cc1. The molecule has 1 N–H and O–H groups in total. The molecular formula is C12H14F3NO4S. The number of hydrogen-bond donors (Lipinski definition) is 1. The molecule has 9 heteroatoms. The normalized spacial score (nSPS) is 13.6. The van der Waals surface area contributed by atoms with Gasteiger partial charge in [0.1, 0.15) is 6.04 Å². The Labute approximate surface area is 120 Å². The standard InChI is InChI=1S/C12H14F3NO4S/c1-3-20-11(17)8(2)16-9-4-6-10(7-5-9)21(18,19)12(13,14)15/h4-8,16H,3H2,1-2H3. The van der Waals surface area contributed by atoms with Gasteiger partial charge in [-0.3, -0.25) is 0 Å². The summed E-state index contributed by atoms with van der Waals surface area (Å²) in [6, 6.07) is 3.23. The van der Waals surface area contributed by atoms with Crippen LogP contribution in [0.1, 0.15) is 13.8 Å². The maximum Gasteiger partial charge on any atom is 0.501 e. The molecule has 0 aliphatic carbocycles. The summed E-state index contributed by atoms with van der Waals surface area (Å²) in [5.41, 5.74) is -5.04. The summed E-state index contributed by atoms with van der Waals surface area (Å²) in [5.74, 6) is -0.524. The molecule has 0 aromatic heterocycles. The quantitative estimate of drug-likeness (QED) is 0.841. The maximum absolute atomic E-state index is 12.4. The summed E-state index contributed by atoms with van der Waals surface area (Å²) < 4.78 is 64.1. The maximum atomic E-state index is 12.4. The molecule has 0 heterocycles. The molecule has 118 valence electrons. The number of ether oxygens (including phenoxy) is 1. The Balaban J connectivity index is 2.87. The van der Waals surface area contributed by atoms with Gasteiger partial charge in [0.15, 0.2) is 0 Å². The molecule has 1 atom stereocenters. The minimum absolute atomic E-state index is 0.202. The molecule has 0 fully saturated rings. The van der Waals surface area contributed by atoms with Crippen LogP contribution < -0.4 is 5.32 Å². The smallest absolute Gasteiger partial charge is 0.464 e. The predicted molar refractivity (Wildman–Crippen MR) is 69.4 cm³/mol. The second kappa shape index (κ2) is 6.33. The minimum atomic E-state index is -5.37. The second-order valence-electron chi connectivity index (χ2n) is 4.09. The lowest BCUT2D eigenvalue weighted by molar-refractivity contribution is -0.143. The first-order valence-corrected chi connectivity index (χ1v) is 7.42. The van der Waals surface area contributed by atoms with E-state index in [1.165, 1.54) is 6.92 Å². The Morgan fingerprint density at radius 2 is 1.81 bits per heavy atom. The molecular weight excluding hydrogens is 311 g/mol. The average Bonchev–Trinajstić information content (AvgIpc) is 2.38. The van der Waals surface area contributed by atoms with Crippen LogP contribution in [0.4, 0.5) is 18.9 Å². The fourth-order valence-electron chi connectivity index (χ4n) is 1.44. The van der Waals surface area contributed by atoms with E-state index in [9.17, 15) is 26.4 Å². The number of alkyl halides is 3. The number of esters is 1. The monoisotopic (exact) mass is 325 g/mol. The fraction of sp³-hybridized carbons (Fsp3) is 0.417. The minimum Gasteiger partial charge on any atom is -0.464 e. The van der Waals surface area contributed by atoms with Gasteiger partial charge in [0.25, 0.3) is 9.84 Å². The van der Waals surface area contributed by atoms with Crippen LogP contribution in [-0.4, -0.2) is 32.5 Å². The van der Waals surface area contributed by atoms with E-state index >= 15 is 0 Å². The zero-order valence-electron chi connectivity index (χ0n) is 11.3. The molecule has 1 aromatic rings. The molecule has 5 nitrogen and oxygen atoms in total. The van der Waals surface area contributed by atoms with Crippen molar-refractivity contribution in [2.24, 2.45) is 0 Å². The van der Waals surface area contributed by atoms with E-state index in [-0.39, 0.29) is 6.61 Å². The zero-order chi connectivity index (χ0) is 16.3. The summed E-state index contributed by atoms with van der Waals surface area (Å²) in [4.78, 5) is 10.5. The lowest BCUT2D eigenvalue weighted by atomic mass is 10.2. The number of benzene rings is 1. The van der Waals surface area contributed by atoms with Crippen molar-refractivity contribution in [1.82, 2.24) is 0 Å². The van der Waals surface area contributed by atoms with Crippen LogP contribution in [0.15, 0.2) is 29.2 Å². The van der Waals surface area contributed by atoms with Crippen molar-refractivity contribution in [2.45, 2.75) is 30.3 Å². The highest BCUT2D eigenvalue weighted by atomic mass is 32.2. The topological polar surface area (TPSA) is 72.5 Å². The molecule has 0 aliphatic heterocycles. The number of carbonyl (C=O) groups is 1. The Hall–Kier alpha value is -1.77. The van der Waals surface area contributed by atoms with E-state index in [2.05, 4.69) is 5.32 Å². The van der Waals surface area contributed by atoms with Crippen molar-refractivity contribution in [3.05, 3.63) is 24.3 Å². The first-order chi connectivity index (χ1) is 9.59. The van der Waals surface area contributed by atoms with Crippen LogP contribution >= 0.6 is 0 Å². The van der Waals surface area contributed by atoms with Gasteiger partial charge in [-0.15, -0.1) is 0 Å². The third-order valence-corrected chi connectivity index (χ3v) is 3.99. The van der Waals surface area contributed by atoms with Gasteiger partial charge in [-0.1, -0.05) is 0 Å². The van der Waals surface area contributed by atoms with Gasteiger partial charge < -0.3 is 10.1 Å². The molecule has 1 unspecified atom stereocenters. The number of rotatable bonds is 5. The van der Waals surface area contributed by atoms with Gasteiger partial charge in [-0.2, -0.15) is 13.2 Å². The molecule has 0 amide bonds. The largest absolute Gasteiger partial charge is 0.501 e. The number of anilines is 1. The molecule has 0 radical (unpaired) electrons. The Morgan fingerprint density at radius 1 is 1.29 bits per heavy atom. The number of sulfone groups is 1. The lowest BCUT2D eigenvalue weighted by Crippen LogP contribution is -2.28. The van der Waals surface area contributed by atoms with E-state index in [0.717, 1.165) is 24.3 Å². The summed E-state index contributed by atoms with van der Waals surface area (Å²) in [6.45, 7) is 3.35. The number of nitrogens with one attached hydrogen (secondary N) is 1. The highest BCUT2D eigenvalue weighted by Gasteiger charge is 2.46. The Bertz CT molecular complexity index is 596. The lowest BCUT2D eigenvalue weighted by Gasteiger charge is -2.14. The molecule has 0 bridgehead atoms. The molecule has 0 spiro atoms. The van der Waals surface area contributed by atoms with E-state index in [1.807, 2.05) is 0 Å². The first kappa shape index (κ1) is 17.3.